The molecule has 1 aromatic carbocycles. The molecule has 6 heteroatoms. The SMILES string of the molecule is CC(CCc1ccccc1)N1C(=O)c2cc3occc3n2CC1(C)C(=O)NC1CCCCCCC1. The third-order valence-electron chi connectivity index (χ3n) is 8.02. The first kappa shape index (κ1) is 23.7. The number of aromatic nitrogens is 1. The van der Waals surface area contributed by atoms with E-state index in [1.807, 2.05) is 46.7 Å². The lowest BCUT2D eigenvalue weighted by atomic mass is 9.90. The van der Waals surface area contributed by atoms with E-state index in [0.717, 1.165) is 44.0 Å². The van der Waals surface area contributed by atoms with Gasteiger partial charge in [-0.25, -0.2) is 0 Å². The van der Waals surface area contributed by atoms with Gasteiger partial charge < -0.3 is 19.2 Å². The van der Waals surface area contributed by atoms with Gasteiger partial charge in [0.1, 0.15) is 11.2 Å². The number of rotatable bonds is 6. The van der Waals surface area contributed by atoms with Crippen LogP contribution >= 0.6 is 0 Å². The summed E-state index contributed by atoms with van der Waals surface area (Å²) in [5, 5.41) is 3.37. The van der Waals surface area contributed by atoms with E-state index in [4.69, 9.17) is 4.42 Å². The molecule has 1 aliphatic heterocycles. The highest BCUT2D eigenvalue weighted by molar-refractivity contribution is 6.03. The summed E-state index contributed by atoms with van der Waals surface area (Å²) in [4.78, 5) is 29.8. The van der Waals surface area contributed by atoms with Crippen molar-refractivity contribution in [2.45, 2.75) is 95.8 Å². The molecule has 0 radical (unpaired) electrons. The maximum absolute atomic E-state index is 14.0. The molecule has 186 valence electrons. The predicted octanol–water partition coefficient (Wildman–Crippen LogP) is 5.70. The van der Waals surface area contributed by atoms with E-state index >= 15 is 0 Å². The van der Waals surface area contributed by atoms with Crippen LogP contribution in [-0.2, 0) is 17.8 Å². The van der Waals surface area contributed by atoms with Crippen LogP contribution in [0.2, 0.25) is 0 Å². The van der Waals surface area contributed by atoms with Crippen molar-refractivity contribution in [3.8, 4) is 0 Å². The molecule has 6 nitrogen and oxygen atoms in total. The summed E-state index contributed by atoms with van der Waals surface area (Å²) in [6.07, 6.45) is 11.4. The number of nitrogens with one attached hydrogen (secondary N) is 1. The topological polar surface area (TPSA) is 67.5 Å². The van der Waals surface area contributed by atoms with Gasteiger partial charge in [0.2, 0.25) is 5.91 Å². The number of furan rings is 1. The van der Waals surface area contributed by atoms with E-state index in [0.29, 0.717) is 17.8 Å². The molecule has 5 rings (SSSR count). The summed E-state index contributed by atoms with van der Waals surface area (Å²) in [6, 6.07) is 14.1. The van der Waals surface area contributed by atoms with E-state index in [1.54, 1.807) is 6.26 Å². The second-order valence-corrected chi connectivity index (χ2v) is 10.6. The van der Waals surface area contributed by atoms with Gasteiger partial charge in [0, 0.05) is 24.2 Å². The Morgan fingerprint density at radius 2 is 1.83 bits per heavy atom. The normalized spacial score (nSPS) is 22.5. The Hall–Kier alpha value is -3.02. The number of hydrogen-bond donors (Lipinski definition) is 1. The van der Waals surface area contributed by atoms with Crippen molar-refractivity contribution in [3.05, 3.63) is 60.0 Å². The van der Waals surface area contributed by atoms with Crippen molar-refractivity contribution < 1.29 is 14.0 Å². The van der Waals surface area contributed by atoms with Gasteiger partial charge in [0.25, 0.3) is 5.91 Å². The van der Waals surface area contributed by atoms with Crippen molar-refractivity contribution in [1.29, 1.82) is 0 Å². The van der Waals surface area contributed by atoms with E-state index in [9.17, 15) is 9.59 Å². The molecule has 2 unspecified atom stereocenters. The van der Waals surface area contributed by atoms with E-state index < -0.39 is 5.54 Å². The number of nitrogens with zero attached hydrogens (tertiary/aromatic N) is 2. The Labute approximate surface area is 207 Å². The van der Waals surface area contributed by atoms with Gasteiger partial charge in [-0.2, -0.15) is 0 Å². The Morgan fingerprint density at radius 3 is 2.57 bits per heavy atom. The lowest BCUT2D eigenvalue weighted by Gasteiger charge is -2.47. The Balaban J connectivity index is 1.44. The summed E-state index contributed by atoms with van der Waals surface area (Å²) in [5.74, 6) is -0.141. The zero-order valence-corrected chi connectivity index (χ0v) is 21.0. The number of carbonyl (C=O) groups excluding carboxylic acids is 2. The standard InChI is InChI=1S/C29H37N3O3/c1-21(15-16-22-11-7-6-8-12-22)32-27(33)25-19-26-24(17-18-35-26)31(25)20-29(32,2)28(34)30-23-13-9-4-3-5-10-14-23/h6-8,11-12,17-19,21,23H,3-5,9-10,13-16,20H2,1-2H3,(H,30,34). The fraction of sp³-hybridized carbons (Fsp3) is 0.517. The maximum Gasteiger partial charge on any atom is 0.271 e. The van der Waals surface area contributed by atoms with Crippen LogP contribution in [0.25, 0.3) is 11.1 Å². The molecule has 35 heavy (non-hydrogen) atoms. The number of fused-ring (bicyclic) bond motifs is 3. The average Bonchev–Trinajstić information content (AvgIpc) is 3.42. The Bertz CT molecular complexity index is 1170. The minimum atomic E-state index is -0.980. The molecular formula is C29H37N3O3. The van der Waals surface area contributed by atoms with Crippen LogP contribution in [0.15, 0.2) is 53.1 Å². The number of amides is 2. The van der Waals surface area contributed by atoms with Gasteiger partial charge in [-0.05, 0) is 45.1 Å². The molecule has 1 saturated carbocycles. The average molecular weight is 476 g/mol. The van der Waals surface area contributed by atoms with E-state index in [-0.39, 0.29) is 23.9 Å². The van der Waals surface area contributed by atoms with Gasteiger partial charge >= 0.3 is 0 Å². The zero-order valence-electron chi connectivity index (χ0n) is 21.0. The molecule has 0 bridgehead atoms. The van der Waals surface area contributed by atoms with E-state index in [1.165, 1.54) is 24.8 Å². The highest BCUT2D eigenvalue weighted by Gasteiger charge is 2.50. The highest BCUT2D eigenvalue weighted by atomic mass is 16.3. The summed E-state index contributed by atoms with van der Waals surface area (Å²) >= 11 is 0. The monoisotopic (exact) mass is 475 g/mol. The van der Waals surface area contributed by atoms with Crippen molar-refractivity contribution in [2.24, 2.45) is 0 Å². The molecule has 3 heterocycles. The van der Waals surface area contributed by atoms with Crippen LogP contribution in [0.3, 0.4) is 0 Å². The molecule has 1 aliphatic carbocycles. The van der Waals surface area contributed by atoms with Crippen molar-refractivity contribution in [3.63, 3.8) is 0 Å². The number of carbonyl (C=O) groups is 2. The van der Waals surface area contributed by atoms with Crippen LogP contribution in [0.1, 0.15) is 81.3 Å². The van der Waals surface area contributed by atoms with Crippen molar-refractivity contribution in [2.75, 3.05) is 0 Å². The first-order valence-electron chi connectivity index (χ1n) is 13.2. The molecule has 2 atom stereocenters. The van der Waals surface area contributed by atoms with Gasteiger partial charge in [-0.1, -0.05) is 62.4 Å². The first-order chi connectivity index (χ1) is 17.0. The minimum absolute atomic E-state index is 0.0426. The summed E-state index contributed by atoms with van der Waals surface area (Å²) in [6.45, 7) is 4.44. The van der Waals surface area contributed by atoms with Gasteiger partial charge in [-0.3, -0.25) is 9.59 Å². The third-order valence-corrected chi connectivity index (χ3v) is 8.02. The second kappa shape index (κ2) is 9.92. The molecule has 1 N–H and O–H groups in total. The zero-order chi connectivity index (χ0) is 24.4. The van der Waals surface area contributed by atoms with E-state index in [2.05, 4.69) is 24.4 Å². The lowest BCUT2D eigenvalue weighted by Crippen LogP contribution is -2.67. The van der Waals surface area contributed by atoms with Crippen LogP contribution in [0, 0.1) is 0 Å². The number of hydrogen-bond acceptors (Lipinski definition) is 3. The summed E-state index contributed by atoms with van der Waals surface area (Å²) in [7, 11) is 0. The molecule has 3 aromatic rings. The fourth-order valence-corrected chi connectivity index (χ4v) is 6.01. The van der Waals surface area contributed by atoms with Crippen LogP contribution in [-0.4, -0.2) is 38.9 Å². The van der Waals surface area contributed by atoms with Gasteiger partial charge in [-0.15, -0.1) is 0 Å². The van der Waals surface area contributed by atoms with Crippen LogP contribution in [0.5, 0.6) is 0 Å². The second-order valence-electron chi connectivity index (χ2n) is 10.6. The lowest BCUT2D eigenvalue weighted by molar-refractivity contribution is -0.135. The smallest absolute Gasteiger partial charge is 0.271 e. The molecule has 2 aliphatic rings. The van der Waals surface area contributed by atoms with Crippen LogP contribution in [0.4, 0.5) is 0 Å². The first-order valence-corrected chi connectivity index (χ1v) is 13.2. The molecule has 2 amide bonds. The quantitative estimate of drug-likeness (QED) is 0.497. The predicted molar refractivity (Wildman–Crippen MR) is 137 cm³/mol. The molecule has 1 fully saturated rings. The molecule has 2 aromatic heterocycles. The Morgan fingerprint density at radius 1 is 1.11 bits per heavy atom. The van der Waals surface area contributed by atoms with Gasteiger partial charge in [0.05, 0.1) is 18.3 Å². The molecule has 0 spiro atoms. The summed E-state index contributed by atoms with van der Waals surface area (Å²) < 4.78 is 7.58. The Kier molecular flexibility index (Phi) is 6.72. The molecule has 0 saturated heterocycles. The molecular weight excluding hydrogens is 438 g/mol. The number of benzene rings is 1. The minimum Gasteiger partial charge on any atom is -0.463 e. The highest BCUT2D eigenvalue weighted by Crippen LogP contribution is 2.35. The van der Waals surface area contributed by atoms with Gasteiger partial charge in [0.15, 0.2) is 5.58 Å². The third kappa shape index (κ3) is 4.63. The van der Waals surface area contributed by atoms with Crippen molar-refractivity contribution in [1.82, 2.24) is 14.8 Å². The van der Waals surface area contributed by atoms with Crippen LogP contribution < -0.4 is 5.32 Å². The van der Waals surface area contributed by atoms with Crippen molar-refractivity contribution >= 4 is 22.9 Å². The number of aryl methyl sites for hydroxylation is 1. The fourth-order valence-electron chi connectivity index (χ4n) is 6.01. The maximum atomic E-state index is 14.0. The summed E-state index contributed by atoms with van der Waals surface area (Å²) in [5.41, 5.74) is 2.42. The largest absolute Gasteiger partial charge is 0.463 e.